The molecule has 0 N–H and O–H groups in total. The molecule has 124 valence electrons. The van der Waals surface area contributed by atoms with Gasteiger partial charge >= 0.3 is 0 Å². The smallest absolute Gasteiger partial charge is 0.266 e. The molecule has 0 radical (unpaired) electrons. The summed E-state index contributed by atoms with van der Waals surface area (Å²) in [7, 11) is 4.90. The van der Waals surface area contributed by atoms with Gasteiger partial charge in [0.15, 0.2) is 16.7 Å². The first kappa shape index (κ1) is 17.4. The number of amides is 1. The summed E-state index contributed by atoms with van der Waals surface area (Å²) in [6.45, 7) is 4.09. The van der Waals surface area contributed by atoms with Crippen LogP contribution in [0.1, 0.15) is 25.8 Å². The number of aliphatic imine (C=N–C) groups is 1. The summed E-state index contributed by atoms with van der Waals surface area (Å²) in [5.41, 5.74) is 0.889. The van der Waals surface area contributed by atoms with Gasteiger partial charge in [-0.2, -0.15) is 0 Å². The fourth-order valence-electron chi connectivity index (χ4n) is 2.31. The Hall–Kier alpha value is -1.95. The van der Waals surface area contributed by atoms with E-state index in [2.05, 4.69) is 11.9 Å². The van der Waals surface area contributed by atoms with Crippen LogP contribution < -0.4 is 9.47 Å². The van der Waals surface area contributed by atoms with Gasteiger partial charge in [-0.15, -0.1) is 0 Å². The highest BCUT2D eigenvalue weighted by Gasteiger charge is 2.35. The van der Waals surface area contributed by atoms with Crippen molar-refractivity contribution in [1.29, 1.82) is 0 Å². The van der Waals surface area contributed by atoms with Crippen molar-refractivity contribution in [2.45, 2.75) is 26.3 Å². The normalized spacial score (nSPS) is 19.5. The average molecular weight is 334 g/mol. The van der Waals surface area contributed by atoms with E-state index >= 15 is 0 Å². The number of rotatable bonds is 5. The summed E-state index contributed by atoms with van der Waals surface area (Å²) in [5, 5.41) is 0.746. The van der Waals surface area contributed by atoms with Crippen LogP contribution in [0.5, 0.6) is 11.5 Å². The molecule has 0 unspecified atom stereocenters. The van der Waals surface area contributed by atoms with Gasteiger partial charge in [-0.1, -0.05) is 13.0 Å². The zero-order valence-electron chi connectivity index (χ0n) is 14.1. The van der Waals surface area contributed by atoms with Crippen molar-refractivity contribution in [1.82, 2.24) is 4.90 Å². The van der Waals surface area contributed by atoms with Crippen LogP contribution in [0.15, 0.2) is 28.1 Å². The summed E-state index contributed by atoms with van der Waals surface area (Å²) >= 11 is 1.40. The molecule has 6 heteroatoms. The Morgan fingerprint density at radius 1 is 1.30 bits per heavy atom. The number of thioether (sulfide) groups is 1. The first-order valence-corrected chi connectivity index (χ1v) is 8.29. The van der Waals surface area contributed by atoms with Gasteiger partial charge in [0.25, 0.3) is 5.91 Å². The molecule has 1 amide bonds. The van der Waals surface area contributed by atoms with Crippen molar-refractivity contribution in [3.63, 3.8) is 0 Å². The Morgan fingerprint density at radius 2 is 2.00 bits per heavy atom. The maximum Gasteiger partial charge on any atom is 0.266 e. The minimum atomic E-state index is -0.000245. The Morgan fingerprint density at radius 3 is 2.57 bits per heavy atom. The van der Waals surface area contributed by atoms with E-state index in [1.807, 2.05) is 31.2 Å². The van der Waals surface area contributed by atoms with E-state index in [9.17, 15) is 4.79 Å². The maximum absolute atomic E-state index is 12.7. The second-order valence-corrected chi connectivity index (χ2v) is 6.17. The van der Waals surface area contributed by atoms with Gasteiger partial charge in [-0.3, -0.25) is 14.7 Å². The quantitative estimate of drug-likeness (QED) is 0.775. The number of hydrogen-bond donors (Lipinski definition) is 0. The van der Waals surface area contributed by atoms with Crippen LogP contribution in [-0.4, -0.2) is 43.3 Å². The second kappa shape index (κ2) is 7.55. The lowest BCUT2D eigenvalue weighted by Crippen LogP contribution is -2.37. The summed E-state index contributed by atoms with van der Waals surface area (Å²) in [6, 6.07) is 5.71. The van der Waals surface area contributed by atoms with Crippen LogP contribution in [0.2, 0.25) is 0 Å². The summed E-state index contributed by atoms with van der Waals surface area (Å²) in [6.07, 6.45) is 2.75. The van der Waals surface area contributed by atoms with Gasteiger partial charge in [0, 0.05) is 13.1 Å². The van der Waals surface area contributed by atoms with Crippen LogP contribution in [-0.2, 0) is 4.79 Å². The van der Waals surface area contributed by atoms with E-state index in [1.54, 1.807) is 26.2 Å². The molecule has 1 aromatic carbocycles. The topological polar surface area (TPSA) is 51.1 Å². The van der Waals surface area contributed by atoms with Crippen LogP contribution in [0.4, 0.5) is 0 Å². The molecule has 0 aliphatic carbocycles. The molecule has 1 fully saturated rings. The van der Waals surface area contributed by atoms with Crippen LogP contribution in [0, 0.1) is 0 Å². The fourth-order valence-corrected chi connectivity index (χ4v) is 3.34. The minimum Gasteiger partial charge on any atom is -0.493 e. The molecule has 0 spiro atoms. The third-order valence-electron chi connectivity index (χ3n) is 3.77. The van der Waals surface area contributed by atoms with Crippen molar-refractivity contribution in [3.05, 3.63) is 28.7 Å². The summed E-state index contributed by atoms with van der Waals surface area (Å²) in [5.74, 6) is 1.30. The molecule has 2 rings (SSSR count). The zero-order valence-corrected chi connectivity index (χ0v) is 14.9. The molecule has 23 heavy (non-hydrogen) atoms. The Labute approximate surface area is 141 Å². The number of benzene rings is 1. The minimum absolute atomic E-state index is 0.000245. The molecule has 1 heterocycles. The number of ether oxygens (including phenoxy) is 2. The first-order valence-electron chi connectivity index (χ1n) is 7.47. The van der Waals surface area contributed by atoms with E-state index in [0.29, 0.717) is 16.4 Å². The van der Waals surface area contributed by atoms with Crippen LogP contribution in [0.3, 0.4) is 0 Å². The van der Waals surface area contributed by atoms with Crippen molar-refractivity contribution >= 4 is 28.9 Å². The van der Waals surface area contributed by atoms with Crippen molar-refractivity contribution < 1.29 is 14.3 Å². The van der Waals surface area contributed by atoms with Gasteiger partial charge in [-0.25, -0.2) is 0 Å². The van der Waals surface area contributed by atoms with Gasteiger partial charge in [0.05, 0.1) is 19.1 Å². The van der Waals surface area contributed by atoms with Gasteiger partial charge in [0.1, 0.15) is 0 Å². The summed E-state index contributed by atoms with van der Waals surface area (Å²) < 4.78 is 10.5. The number of amidine groups is 1. The molecule has 0 bridgehead atoms. The maximum atomic E-state index is 12.7. The van der Waals surface area contributed by atoms with Crippen molar-refractivity contribution in [2.24, 2.45) is 4.99 Å². The zero-order chi connectivity index (χ0) is 17.0. The van der Waals surface area contributed by atoms with E-state index in [-0.39, 0.29) is 11.9 Å². The number of carbonyl (C=O) groups excluding carboxylic acids is 1. The largest absolute Gasteiger partial charge is 0.493 e. The number of carbonyl (C=O) groups is 1. The standard InChI is InChI=1S/C17H22N2O3S/c1-6-11(2)19-16(20)15(23-17(19)18-3)10-12-7-8-13(21-4)14(9-12)22-5/h7-11H,6H2,1-5H3/b15-10-,18-17?/t11-/m0/s1. The summed E-state index contributed by atoms with van der Waals surface area (Å²) in [4.78, 5) is 19.3. The average Bonchev–Trinajstić information content (AvgIpc) is 2.89. The Kier molecular flexibility index (Phi) is 5.71. The highest BCUT2D eigenvalue weighted by molar-refractivity contribution is 8.18. The van der Waals surface area contributed by atoms with Crippen LogP contribution >= 0.6 is 11.8 Å². The van der Waals surface area contributed by atoms with E-state index in [1.165, 1.54) is 11.8 Å². The lowest BCUT2D eigenvalue weighted by atomic mass is 10.1. The fraction of sp³-hybridized carbons (Fsp3) is 0.412. The lowest BCUT2D eigenvalue weighted by Gasteiger charge is -2.21. The Balaban J connectivity index is 2.35. The molecule has 0 aromatic heterocycles. The van der Waals surface area contributed by atoms with Gasteiger partial charge in [-0.05, 0) is 48.9 Å². The predicted molar refractivity (Wildman–Crippen MR) is 95.1 cm³/mol. The van der Waals surface area contributed by atoms with Crippen molar-refractivity contribution in [3.8, 4) is 11.5 Å². The molecule has 1 aliphatic rings. The van der Waals surface area contributed by atoms with E-state index < -0.39 is 0 Å². The third-order valence-corrected chi connectivity index (χ3v) is 4.84. The highest BCUT2D eigenvalue weighted by atomic mass is 32.2. The number of methoxy groups -OCH3 is 2. The molecule has 1 saturated heterocycles. The van der Waals surface area contributed by atoms with Gasteiger partial charge in [0.2, 0.25) is 0 Å². The van der Waals surface area contributed by atoms with Gasteiger partial charge < -0.3 is 9.47 Å². The second-order valence-electron chi connectivity index (χ2n) is 5.16. The molecule has 5 nitrogen and oxygen atoms in total. The SMILES string of the molecule is CC[C@H](C)N1C(=O)/C(=C/c2ccc(OC)c(OC)c2)SC1=NC. The lowest BCUT2D eigenvalue weighted by molar-refractivity contribution is -0.123. The molecular formula is C17H22N2O3S. The van der Waals surface area contributed by atoms with Crippen LogP contribution in [0.25, 0.3) is 6.08 Å². The van der Waals surface area contributed by atoms with Crippen molar-refractivity contribution in [2.75, 3.05) is 21.3 Å². The first-order chi connectivity index (χ1) is 11.0. The monoisotopic (exact) mass is 334 g/mol. The molecule has 1 aromatic rings. The van der Waals surface area contributed by atoms with E-state index in [4.69, 9.17) is 9.47 Å². The molecule has 0 saturated carbocycles. The molecule has 1 atom stereocenters. The van der Waals surface area contributed by atoms with E-state index in [0.717, 1.165) is 17.2 Å². The molecule has 1 aliphatic heterocycles. The number of nitrogens with zero attached hydrogens (tertiary/aromatic N) is 2. The highest BCUT2D eigenvalue weighted by Crippen LogP contribution is 2.35. The Bertz CT molecular complexity index is 655. The molecular weight excluding hydrogens is 312 g/mol. The third kappa shape index (κ3) is 3.52. The number of hydrogen-bond acceptors (Lipinski definition) is 5. The predicted octanol–water partition coefficient (Wildman–Crippen LogP) is 3.40.